The van der Waals surface area contributed by atoms with Crippen molar-refractivity contribution in [1.29, 1.82) is 0 Å². The van der Waals surface area contributed by atoms with Crippen LogP contribution in [0.5, 0.6) is 0 Å². The number of hydrogen-bond donors (Lipinski definition) is 3. The summed E-state index contributed by atoms with van der Waals surface area (Å²) in [6.07, 6.45) is 0. The predicted molar refractivity (Wildman–Crippen MR) is 44.4 cm³/mol. The van der Waals surface area contributed by atoms with Crippen molar-refractivity contribution in [2.24, 2.45) is 0 Å². The van der Waals surface area contributed by atoms with E-state index in [1.54, 1.807) is 0 Å². The summed E-state index contributed by atoms with van der Waals surface area (Å²) in [6.45, 7) is 0. The fraction of sp³-hybridized carbons (Fsp3) is 0. The van der Waals surface area contributed by atoms with Crippen LogP contribution in [-0.4, -0.2) is 9.97 Å². The lowest BCUT2D eigenvalue weighted by Crippen LogP contribution is -2.11. The van der Waals surface area contributed by atoms with E-state index in [9.17, 15) is 4.79 Å². The summed E-state index contributed by atoms with van der Waals surface area (Å²) in [6, 6.07) is 0. The lowest BCUT2D eigenvalue weighted by molar-refractivity contribution is 1.08. The van der Waals surface area contributed by atoms with Gasteiger partial charge in [0.05, 0.1) is 0 Å². The van der Waals surface area contributed by atoms with E-state index in [4.69, 9.17) is 5.73 Å². The van der Waals surface area contributed by atoms with Gasteiger partial charge in [0.2, 0.25) is 0 Å². The molecule has 0 aliphatic carbocycles. The van der Waals surface area contributed by atoms with Crippen LogP contribution in [0.25, 0.3) is 0 Å². The summed E-state index contributed by atoms with van der Waals surface area (Å²) in [5, 5.41) is 0. The number of anilines is 1. The van der Waals surface area contributed by atoms with Crippen molar-refractivity contribution < 1.29 is 0 Å². The van der Waals surface area contributed by atoms with Crippen molar-refractivity contribution in [3.63, 3.8) is 0 Å². The first-order valence-electron chi connectivity index (χ1n) is 2.39. The van der Waals surface area contributed by atoms with Gasteiger partial charge in [0, 0.05) is 0 Å². The second kappa shape index (κ2) is 2.55. The molecule has 0 radical (unpaired) electrons. The molecule has 0 unspecified atom stereocenters. The third-order valence-electron chi connectivity index (χ3n) is 0.911. The van der Waals surface area contributed by atoms with Gasteiger partial charge < -0.3 is 10.7 Å². The molecule has 0 saturated carbocycles. The molecule has 4 nitrogen and oxygen atoms in total. The normalized spacial score (nSPS) is 9.70. The van der Waals surface area contributed by atoms with Gasteiger partial charge in [-0.2, -0.15) is 0 Å². The highest BCUT2D eigenvalue weighted by Gasteiger charge is 1.98. The van der Waals surface area contributed by atoms with Crippen molar-refractivity contribution in [2.45, 2.75) is 0 Å². The van der Waals surface area contributed by atoms with Crippen LogP contribution in [-0.2, 0) is 0 Å². The molecular weight excluding hydrogens is 218 g/mol. The van der Waals surface area contributed by atoms with E-state index in [2.05, 4.69) is 38.1 Å². The van der Waals surface area contributed by atoms with Crippen molar-refractivity contribution in [2.75, 3.05) is 5.73 Å². The SMILES string of the molecule is Nc1[nH]c(=S)[nH]c(=O)c1Br. The monoisotopic (exact) mass is 221 g/mol. The van der Waals surface area contributed by atoms with E-state index in [-0.39, 0.29) is 20.6 Å². The molecule has 54 valence electrons. The molecule has 0 bridgehead atoms. The Kier molecular flexibility index (Phi) is 1.91. The van der Waals surface area contributed by atoms with Crippen LogP contribution in [0.1, 0.15) is 0 Å². The molecule has 10 heavy (non-hydrogen) atoms. The van der Waals surface area contributed by atoms with Crippen LogP contribution < -0.4 is 11.3 Å². The molecule has 0 aliphatic heterocycles. The lowest BCUT2D eigenvalue weighted by Gasteiger charge is -1.93. The molecular formula is C4H4BrN3OS. The fourth-order valence-electron chi connectivity index (χ4n) is 0.489. The standard InChI is InChI=1S/C4H4BrN3OS/c5-1-2(6)7-4(10)8-3(1)9/h(H4,6,7,8,9,10). The summed E-state index contributed by atoms with van der Waals surface area (Å²) >= 11 is 7.60. The van der Waals surface area contributed by atoms with Crippen molar-refractivity contribution >= 4 is 34.0 Å². The molecule has 1 aromatic rings. The van der Waals surface area contributed by atoms with Crippen LogP contribution in [0.4, 0.5) is 5.82 Å². The highest BCUT2D eigenvalue weighted by molar-refractivity contribution is 9.10. The van der Waals surface area contributed by atoms with E-state index in [1.165, 1.54) is 0 Å². The van der Waals surface area contributed by atoms with Gasteiger partial charge in [0.1, 0.15) is 10.3 Å². The van der Waals surface area contributed by atoms with Crippen molar-refractivity contribution in [3.05, 3.63) is 19.6 Å². The largest absolute Gasteiger partial charge is 0.384 e. The Balaban J connectivity index is 3.62. The van der Waals surface area contributed by atoms with Crippen LogP contribution >= 0.6 is 28.1 Å². The van der Waals surface area contributed by atoms with Crippen LogP contribution in [0.3, 0.4) is 0 Å². The first-order chi connectivity index (χ1) is 4.61. The van der Waals surface area contributed by atoms with Gasteiger partial charge >= 0.3 is 0 Å². The fourth-order valence-corrected chi connectivity index (χ4v) is 0.890. The minimum atomic E-state index is -0.318. The summed E-state index contributed by atoms with van der Waals surface area (Å²) in [7, 11) is 0. The number of aromatic amines is 2. The third kappa shape index (κ3) is 1.27. The zero-order valence-corrected chi connectivity index (χ0v) is 7.17. The molecule has 0 atom stereocenters. The quantitative estimate of drug-likeness (QED) is 0.567. The maximum absolute atomic E-state index is 10.8. The topological polar surface area (TPSA) is 74.7 Å². The smallest absolute Gasteiger partial charge is 0.268 e. The second-order valence-corrected chi connectivity index (χ2v) is 2.84. The van der Waals surface area contributed by atoms with E-state index in [0.717, 1.165) is 0 Å². The van der Waals surface area contributed by atoms with Crippen LogP contribution in [0.2, 0.25) is 0 Å². The number of halogens is 1. The summed E-state index contributed by atoms with van der Waals surface area (Å²) in [5.74, 6) is 0.244. The zero-order chi connectivity index (χ0) is 7.72. The van der Waals surface area contributed by atoms with E-state index < -0.39 is 0 Å². The Bertz CT molecular complexity index is 354. The maximum atomic E-state index is 10.8. The maximum Gasteiger partial charge on any atom is 0.268 e. The lowest BCUT2D eigenvalue weighted by atomic mass is 10.6. The molecule has 0 spiro atoms. The Hall–Kier alpha value is -0.620. The summed E-state index contributed by atoms with van der Waals surface area (Å²) in [4.78, 5) is 15.7. The second-order valence-electron chi connectivity index (χ2n) is 1.64. The van der Waals surface area contributed by atoms with Gasteiger partial charge in [-0.25, -0.2) is 0 Å². The van der Waals surface area contributed by atoms with E-state index >= 15 is 0 Å². The molecule has 0 aliphatic rings. The van der Waals surface area contributed by atoms with E-state index in [1.807, 2.05) is 0 Å². The number of H-pyrrole nitrogens is 2. The van der Waals surface area contributed by atoms with Gasteiger partial charge in [0.15, 0.2) is 4.77 Å². The van der Waals surface area contributed by atoms with Crippen LogP contribution in [0, 0.1) is 4.77 Å². The first kappa shape index (κ1) is 7.49. The summed E-state index contributed by atoms with van der Waals surface area (Å²) < 4.78 is 0.506. The Morgan fingerprint density at radius 1 is 1.50 bits per heavy atom. The van der Waals surface area contributed by atoms with Gasteiger partial charge in [-0.05, 0) is 28.1 Å². The molecule has 1 aromatic heterocycles. The predicted octanol–water partition coefficient (Wildman–Crippen LogP) is 0.777. The zero-order valence-electron chi connectivity index (χ0n) is 4.77. The number of nitrogens with one attached hydrogen (secondary N) is 2. The highest BCUT2D eigenvalue weighted by atomic mass is 79.9. The molecule has 0 aromatic carbocycles. The Morgan fingerprint density at radius 2 is 2.10 bits per heavy atom. The number of nitrogen functional groups attached to an aromatic ring is 1. The van der Waals surface area contributed by atoms with Gasteiger partial charge in [-0.1, -0.05) is 0 Å². The summed E-state index contributed by atoms with van der Waals surface area (Å²) in [5.41, 5.74) is 5.01. The molecule has 1 heterocycles. The van der Waals surface area contributed by atoms with Gasteiger partial charge in [-0.3, -0.25) is 9.78 Å². The Morgan fingerprint density at radius 3 is 2.60 bits per heavy atom. The molecule has 6 heteroatoms. The minimum Gasteiger partial charge on any atom is -0.384 e. The van der Waals surface area contributed by atoms with Crippen molar-refractivity contribution in [3.8, 4) is 0 Å². The number of aromatic nitrogens is 2. The van der Waals surface area contributed by atoms with Crippen molar-refractivity contribution in [1.82, 2.24) is 9.97 Å². The molecule has 0 saturated heterocycles. The molecule has 0 fully saturated rings. The number of nitrogens with two attached hydrogens (primary N) is 1. The van der Waals surface area contributed by atoms with Crippen LogP contribution in [0.15, 0.2) is 9.27 Å². The average molecular weight is 222 g/mol. The van der Waals surface area contributed by atoms with E-state index in [0.29, 0.717) is 0 Å². The molecule has 4 N–H and O–H groups in total. The third-order valence-corrected chi connectivity index (χ3v) is 1.90. The highest BCUT2D eigenvalue weighted by Crippen LogP contribution is 2.07. The number of rotatable bonds is 0. The minimum absolute atomic E-state index is 0.228. The Labute approximate surface area is 69.6 Å². The first-order valence-corrected chi connectivity index (χ1v) is 3.59. The molecule has 0 amide bonds. The van der Waals surface area contributed by atoms with Gasteiger partial charge in [0.25, 0.3) is 5.56 Å². The number of hydrogen-bond acceptors (Lipinski definition) is 3. The van der Waals surface area contributed by atoms with Gasteiger partial charge in [-0.15, -0.1) is 0 Å². The average Bonchev–Trinajstić information content (AvgIpc) is 1.82. The molecule has 1 rings (SSSR count).